The Kier molecular flexibility index (Phi) is 8.65. The van der Waals surface area contributed by atoms with E-state index in [1.807, 2.05) is 12.1 Å². The smallest absolute Gasteiger partial charge is 0.416 e. The molecule has 0 aliphatic carbocycles. The van der Waals surface area contributed by atoms with Crippen LogP contribution in [0.3, 0.4) is 0 Å². The Labute approximate surface area is 179 Å². The van der Waals surface area contributed by atoms with Crippen LogP contribution in [0.5, 0.6) is 23.0 Å². The van der Waals surface area contributed by atoms with Crippen molar-refractivity contribution in [3.63, 3.8) is 0 Å². The van der Waals surface area contributed by atoms with E-state index >= 15 is 0 Å². The zero-order valence-corrected chi connectivity index (χ0v) is 17.8. The van der Waals surface area contributed by atoms with E-state index in [4.69, 9.17) is 18.9 Å². The number of ether oxygens (including phenoxy) is 4. The second-order valence-electron chi connectivity index (χ2n) is 6.26. The highest BCUT2D eigenvalue weighted by Crippen LogP contribution is 2.38. The lowest BCUT2D eigenvalue weighted by atomic mass is 10.2. The molecule has 0 heterocycles. The van der Waals surface area contributed by atoms with Gasteiger partial charge in [0.1, 0.15) is 12.4 Å². The maximum Gasteiger partial charge on any atom is 0.416 e. The monoisotopic (exact) mass is 441 g/mol. The summed E-state index contributed by atoms with van der Waals surface area (Å²) in [6.07, 6.45) is -4.36. The molecule has 170 valence electrons. The molecule has 2 N–H and O–H groups in total. The molecule has 10 heteroatoms. The molecule has 2 aromatic carbocycles. The summed E-state index contributed by atoms with van der Waals surface area (Å²) in [5, 5.41) is 6.23. The van der Waals surface area contributed by atoms with Gasteiger partial charge >= 0.3 is 6.18 Å². The molecule has 2 aromatic rings. The molecular formula is C21H26F3N3O4. The van der Waals surface area contributed by atoms with E-state index < -0.39 is 11.7 Å². The van der Waals surface area contributed by atoms with Crippen molar-refractivity contribution in [1.29, 1.82) is 0 Å². The molecule has 0 aromatic heterocycles. The fraction of sp³-hybridized carbons (Fsp3) is 0.381. The van der Waals surface area contributed by atoms with Gasteiger partial charge in [0.05, 0.1) is 33.4 Å². The Bertz CT molecular complexity index is 846. The first kappa shape index (κ1) is 24.0. The van der Waals surface area contributed by atoms with Crippen molar-refractivity contribution in [1.82, 2.24) is 10.6 Å². The first-order valence-electron chi connectivity index (χ1n) is 9.35. The average molecular weight is 441 g/mol. The van der Waals surface area contributed by atoms with Crippen molar-refractivity contribution >= 4 is 5.96 Å². The summed E-state index contributed by atoms with van der Waals surface area (Å²) in [4.78, 5) is 4.13. The maximum atomic E-state index is 12.6. The largest absolute Gasteiger partial charge is 0.493 e. The van der Waals surface area contributed by atoms with E-state index in [2.05, 4.69) is 15.6 Å². The lowest BCUT2D eigenvalue weighted by Crippen LogP contribution is -2.38. The molecule has 0 fully saturated rings. The van der Waals surface area contributed by atoms with Gasteiger partial charge in [-0.05, 0) is 42.0 Å². The molecule has 0 aliphatic heterocycles. The van der Waals surface area contributed by atoms with E-state index in [0.717, 1.165) is 17.7 Å². The van der Waals surface area contributed by atoms with Gasteiger partial charge in [0.2, 0.25) is 5.75 Å². The predicted molar refractivity (Wildman–Crippen MR) is 111 cm³/mol. The van der Waals surface area contributed by atoms with Crippen molar-refractivity contribution in [2.24, 2.45) is 4.99 Å². The van der Waals surface area contributed by atoms with Gasteiger partial charge in [0, 0.05) is 13.6 Å². The highest BCUT2D eigenvalue weighted by Gasteiger charge is 2.30. The van der Waals surface area contributed by atoms with Gasteiger partial charge < -0.3 is 29.6 Å². The molecule has 31 heavy (non-hydrogen) atoms. The highest BCUT2D eigenvalue weighted by atomic mass is 19.4. The lowest BCUT2D eigenvalue weighted by molar-refractivity contribution is -0.137. The number of methoxy groups -OCH3 is 3. The molecule has 0 amide bonds. The van der Waals surface area contributed by atoms with Crippen LogP contribution in [0, 0.1) is 0 Å². The first-order valence-corrected chi connectivity index (χ1v) is 9.35. The number of guanidine groups is 1. The minimum Gasteiger partial charge on any atom is -0.493 e. The average Bonchev–Trinajstić information content (AvgIpc) is 2.77. The number of halogens is 3. The Morgan fingerprint density at radius 3 is 2.03 bits per heavy atom. The summed E-state index contributed by atoms with van der Waals surface area (Å²) in [5.74, 6) is 2.50. The molecule has 0 bridgehead atoms. The number of aliphatic imine (C=N–C) groups is 1. The van der Waals surface area contributed by atoms with Crippen molar-refractivity contribution < 1.29 is 32.1 Å². The Hall–Kier alpha value is -3.30. The quantitative estimate of drug-likeness (QED) is 0.353. The zero-order valence-electron chi connectivity index (χ0n) is 17.8. The topological polar surface area (TPSA) is 73.3 Å². The Morgan fingerprint density at radius 2 is 1.55 bits per heavy atom. The fourth-order valence-corrected chi connectivity index (χ4v) is 2.72. The number of nitrogens with zero attached hydrogens (tertiary/aromatic N) is 1. The molecule has 7 nitrogen and oxygen atoms in total. The van der Waals surface area contributed by atoms with Crippen molar-refractivity contribution in [3.8, 4) is 23.0 Å². The van der Waals surface area contributed by atoms with Crippen LogP contribution in [-0.4, -0.2) is 47.5 Å². The van der Waals surface area contributed by atoms with Gasteiger partial charge in [0.25, 0.3) is 0 Å². The van der Waals surface area contributed by atoms with E-state index in [-0.39, 0.29) is 6.61 Å². The summed E-state index contributed by atoms with van der Waals surface area (Å²) < 4.78 is 59.2. The second-order valence-corrected chi connectivity index (χ2v) is 6.26. The molecule has 2 rings (SSSR count). The van der Waals surface area contributed by atoms with E-state index in [0.29, 0.717) is 42.0 Å². The lowest BCUT2D eigenvalue weighted by Gasteiger charge is -2.16. The Morgan fingerprint density at radius 1 is 0.935 bits per heavy atom. The third-order valence-corrected chi connectivity index (χ3v) is 4.25. The molecule has 0 saturated heterocycles. The summed E-state index contributed by atoms with van der Waals surface area (Å²) >= 11 is 0. The third-order valence-electron chi connectivity index (χ3n) is 4.25. The normalized spacial score (nSPS) is 11.6. The zero-order chi connectivity index (χ0) is 22.9. The number of nitrogens with one attached hydrogen (secondary N) is 2. The number of benzene rings is 2. The van der Waals surface area contributed by atoms with Crippen molar-refractivity contribution in [2.75, 3.05) is 41.5 Å². The van der Waals surface area contributed by atoms with Crippen LogP contribution in [0.2, 0.25) is 0 Å². The SMILES string of the molecule is CN=C(NCCOc1ccc(C(F)(F)F)cc1)NCc1cc(OC)c(OC)c(OC)c1. The molecule has 0 spiro atoms. The number of hydrogen-bond donors (Lipinski definition) is 2. The van der Waals surface area contributed by atoms with Crippen molar-refractivity contribution in [3.05, 3.63) is 47.5 Å². The summed E-state index contributed by atoms with van der Waals surface area (Å²) in [6.45, 7) is 1.09. The highest BCUT2D eigenvalue weighted by molar-refractivity contribution is 5.79. The second kappa shape index (κ2) is 11.2. The molecule has 0 radical (unpaired) electrons. The first-order chi connectivity index (χ1) is 14.8. The van der Waals surface area contributed by atoms with E-state index in [9.17, 15) is 13.2 Å². The molecule has 0 atom stereocenters. The fourth-order valence-electron chi connectivity index (χ4n) is 2.72. The van der Waals surface area contributed by atoms with Crippen molar-refractivity contribution in [2.45, 2.75) is 12.7 Å². The predicted octanol–water partition coefficient (Wildman–Crippen LogP) is 3.48. The van der Waals surface area contributed by atoms with Crippen LogP contribution in [0.1, 0.15) is 11.1 Å². The minimum atomic E-state index is -4.36. The van der Waals surface area contributed by atoms with Crippen LogP contribution >= 0.6 is 0 Å². The Balaban J connectivity index is 1.84. The molecular weight excluding hydrogens is 415 g/mol. The van der Waals surface area contributed by atoms with Gasteiger partial charge in [0.15, 0.2) is 17.5 Å². The van der Waals surface area contributed by atoms with Crippen LogP contribution in [0.15, 0.2) is 41.4 Å². The van der Waals surface area contributed by atoms with Gasteiger partial charge in [-0.25, -0.2) is 0 Å². The number of alkyl halides is 3. The van der Waals surface area contributed by atoms with Crippen LogP contribution in [0.4, 0.5) is 13.2 Å². The number of hydrogen-bond acceptors (Lipinski definition) is 5. The molecule has 0 saturated carbocycles. The van der Waals surface area contributed by atoms with Gasteiger partial charge in [-0.2, -0.15) is 13.2 Å². The van der Waals surface area contributed by atoms with Gasteiger partial charge in [-0.1, -0.05) is 0 Å². The van der Waals surface area contributed by atoms with Gasteiger partial charge in [-0.15, -0.1) is 0 Å². The number of rotatable bonds is 9. The summed E-state index contributed by atoms with van der Waals surface area (Å²) in [5.41, 5.74) is 0.174. The van der Waals surface area contributed by atoms with Gasteiger partial charge in [-0.3, -0.25) is 4.99 Å². The standard InChI is InChI=1S/C21H26F3N3O4/c1-25-20(26-9-10-31-16-7-5-15(6-8-16)21(22,23)24)27-13-14-11-17(28-2)19(30-4)18(12-14)29-3/h5-8,11-12H,9-10,13H2,1-4H3,(H2,25,26,27). The van der Waals surface area contributed by atoms with Crippen LogP contribution in [-0.2, 0) is 12.7 Å². The van der Waals surface area contributed by atoms with E-state index in [1.54, 1.807) is 21.3 Å². The molecule has 0 aliphatic rings. The minimum absolute atomic E-state index is 0.246. The van der Waals surface area contributed by atoms with E-state index in [1.165, 1.54) is 19.2 Å². The van der Waals surface area contributed by atoms with Crippen LogP contribution in [0.25, 0.3) is 0 Å². The molecule has 0 unspecified atom stereocenters. The third kappa shape index (κ3) is 6.87. The van der Waals surface area contributed by atoms with Crippen LogP contribution < -0.4 is 29.6 Å². The summed E-state index contributed by atoms with van der Waals surface area (Å²) in [7, 11) is 6.26. The summed E-state index contributed by atoms with van der Waals surface area (Å²) in [6, 6.07) is 8.21. The maximum absolute atomic E-state index is 12.6.